The van der Waals surface area contributed by atoms with Gasteiger partial charge in [-0.05, 0) is 77.9 Å². The molecule has 4 aromatic rings. The molecule has 0 atom stereocenters. The summed E-state index contributed by atoms with van der Waals surface area (Å²) in [5.74, 6) is 0.791. The molecule has 0 spiro atoms. The molecule has 2 aliphatic rings. The van der Waals surface area contributed by atoms with Gasteiger partial charge in [0.15, 0.2) is 0 Å². The third-order valence-electron chi connectivity index (χ3n) is 7.52. The van der Waals surface area contributed by atoms with Crippen molar-refractivity contribution in [3.05, 3.63) is 124 Å². The highest BCUT2D eigenvalue weighted by Crippen LogP contribution is 2.42. The third-order valence-corrected chi connectivity index (χ3v) is 8.83. The van der Waals surface area contributed by atoms with E-state index in [1.165, 1.54) is 11.8 Å². The van der Waals surface area contributed by atoms with Crippen LogP contribution in [0.3, 0.4) is 0 Å². The largest absolute Gasteiger partial charge is 0.497 e. The summed E-state index contributed by atoms with van der Waals surface area (Å²) in [6.07, 6.45) is 1.90. The molecular formula is C34H30ClN3O3S. The van der Waals surface area contributed by atoms with Crippen molar-refractivity contribution in [2.75, 3.05) is 43.1 Å². The lowest BCUT2D eigenvalue weighted by molar-refractivity contribution is -0.114. The lowest BCUT2D eigenvalue weighted by Crippen LogP contribution is -2.48. The number of rotatable bonds is 6. The van der Waals surface area contributed by atoms with Gasteiger partial charge in [-0.2, -0.15) is 0 Å². The van der Waals surface area contributed by atoms with Gasteiger partial charge < -0.3 is 19.4 Å². The number of nitrogens with zero attached hydrogens (tertiary/aromatic N) is 3. The average molecular weight is 596 g/mol. The quantitative estimate of drug-likeness (QED) is 0.225. The molecule has 4 aromatic carbocycles. The fraction of sp³-hybridized carbons (Fsp3) is 0.176. The molecule has 2 amide bonds. The van der Waals surface area contributed by atoms with Crippen molar-refractivity contribution in [3.63, 3.8) is 0 Å². The summed E-state index contributed by atoms with van der Waals surface area (Å²) >= 11 is 7.68. The first-order valence-electron chi connectivity index (χ1n) is 13.8. The molecule has 0 saturated carbocycles. The van der Waals surface area contributed by atoms with Gasteiger partial charge in [0, 0.05) is 47.3 Å². The number of carbonyl (C=O) groups excluding carboxylic acids is 2. The number of benzene rings is 4. The van der Waals surface area contributed by atoms with Gasteiger partial charge in [-0.1, -0.05) is 59.8 Å². The minimum absolute atomic E-state index is 0.0216. The molecule has 0 N–H and O–H groups in total. The van der Waals surface area contributed by atoms with Crippen LogP contribution in [-0.4, -0.2) is 50.0 Å². The predicted octanol–water partition coefficient (Wildman–Crippen LogP) is 6.99. The van der Waals surface area contributed by atoms with Gasteiger partial charge in [-0.3, -0.25) is 9.59 Å². The van der Waals surface area contributed by atoms with Gasteiger partial charge in [0.2, 0.25) is 0 Å². The Morgan fingerprint density at radius 1 is 0.905 bits per heavy atom. The van der Waals surface area contributed by atoms with E-state index in [2.05, 4.69) is 4.90 Å². The lowest BCUT2D eigenvalue weighted by Gasteiger charge is -2.36. The number of halogens is 1. The Morgan fingerprint density at radius 2 is 1.64 bits per heavy atom. The first-order valence-corrected chi connectivity index (χ1v) is 15.0. The highest BCUT2D eigenvalue weighted by molar-refractivity contribution is 8.04. The molecule has 2 aliphatic heterocycles. The van der Waals surface area contributed by atoms with Crippen molar-refractivity contribution in [2.45, 2.75) is 11.4 Å². The fourth-order valence-corrected chi connectivity index (χ4v) is 6.53. The van der Waals surface area contributed by atoms with E-state index in [-0.39, 0.29) is 11.8 Å². The van der Waals surface area contributed by atoms with Gasteiger partial charge in [-0.25, -0.2) is 0 Å². The number of ether oxygens (including phenoxy) is 1. The standard InChI is InChI=1S/C34H30ClN3O3S/c1-41-29-15-13-28(14-16-29)36-17-19-37(20-18-36)33(39)26-11-9-24(10-12-26)22-32-34(40)38(23-25-5-4-6-27(35)21-25)30-7-2-3-8-31(30)42-32/h2-16,21-22H,17-20,23H2,1H3/b32-22+. The van der Waals surface area contributed by atoms with E-state index in [9.17, 15) is 9.59 Å². The summed E-state index contributed by atoms with van der Waals surface area (Å²) < 4.78 is 5.26. The number of para-hydroxylation sites is 1. The van der Waals surface area contributed by atoms with E-state index in [0.717, 1.165) is 46.2 Å². The minimum Gasteiger partial charge on any atom is -0.497 e. The molecule has 1 fully saturated rings. The number of fused-ring (bicyclic) bond motifs is 1. The first-order chi connectivity index (χ1) is 20.5. The van der Waals surface area contributed by atoms with Crippen molar-refractivity contribution in [1.29, 1.82) is 0 Å². The van der Waals surface area contributed by atoms with Crippen LogP contribution in [0, 0.1) is 0 Å². The summed E-state index contributed by atoms with van der Waals surface area (Å²) in [4.78, 5) is 34.5. The van der Waals surface area contributed by atoms with Gasteiger partial charge in [0.25, 0.3) is 11.8 Å². The molecule has 2 heterocycles. The van der Waals surface area contributed by atoms with Crippen LogP contribution in [0.4, 0.5) is 11.4 Å². The average Bonchev–Trinajstić information content (AvgIpc) is 3.03. The molecule has 6 nitrogen and oxygen atoms in total. The maximum absolute atomic E-state index is 13.7. The van der Waals surface area contributed by atoms with Crippen molar-refractivity contribution < 1.29 is 14.3 Å². The summed E-state index contributed by atoms with van der Waals surface area (Å²) in [6, 6.07) is 31.0. The topological polar surface area (TPSA) is 53.1 Å². The van der Waals surface area contributed by atoms with Crippen LogP contribution in [0.2, 0.25) is 5.02 Å². The summed E-state index contributed by atoms with van der Waals surface area (Å²) in [5.41, 5.74) is 4.49. The Morgan fingerprint density at radius 3 is 2.36 bits per heavy atom. The molecule has 0 radical (unpaired) electrons. The lowest BCUT2D eigenvalue weighted by atomic mass is 10.1. The summed E-state index contributed by atoms with van der Waals surface area (Å²) in [7, 11) is 1.66. The van der Waals surface area contributed by atoms with Crippen molar-refractivity contribution >= 4 is 52.6 Å². The van der Waals surface area contributed by atoms with Crippen LogP contribution in [-0.2, 0) is 11.3 Å². The van der Waals surface area contributed by atoms with E-state index in [1.54, 1.807) is 12.0 Å². The number of hydrogen-bond acceptors (Lipinski definition) is 5. The maximum atomic E-state index is 13.7. The molecule has 42 heavy (non-hydrogen) atoms. The Bertz CT molecular complexity index is 1630. The Balaban J connectivity index is 1.14. The zero-order valence-electron chi connectivity index (χ0n) is 23.2. The zero-order valence-corrected chi connectivity index (χ0v) is 24.8. The molecule has 212 valence electrons. The highest BCUT2D eigenvalue weighted by atomic mass is 35.5. The number of piperazine rings is 1. The molecule has 0 aromatic heterocycles. The smallest absolute Gasteiger partial charge is 0.265 e. The van der Waals surface area contributed by atoms with Crippen molar-refractivity contribution in [2.24, 2.45) is 0 Å². The molecule has 0 aliphatic carbocycles. The summed E-state index contributed by atoms with van der Waals surface area (Å²) in [6.45, 7) is 3.28. The monoisotopic (exact) mass is 595 g/mol. The molecule has 6 rings (SSSR count). The SMILES string of the molecule is COc1ccc(N2CCN(C(=O)c3ccc(/C=C4/Sc5ccccc5N(Cc5cccc(Cl)c5)C4=O)cc3)CC2)cc1. The second-order valence-electron chi connectivity index (χ2n) is 10.2. The van der Waals surface area contributed by atoms with Gasteiger partial charge in [0.05, 0.1) is 24.2 Å². The molecule has 1 saturated heterocycles. The normalized spacial score (nSPS) is 16.0. The maximum Gasteiger partial charge on any atom is 0.265 e. The fourth-order valence-electron chi connectivity index (χ4n) is 5.25. The van der Waals surface area contributed by atoms with Gasteiger partial charge >= 0.3 is 0 Å². The van der Waals surface area contributed by atoms with Crippen LogP contribution in [0.1, 0.15) is 21.5 Å². The van der Waals surface area contributed by atoms with Crippen LogP contribution in [0.25, 0.3) is 6.08 Å². The van der Waals surface area contributed by atoms with Crippen LogP contribution < -0.4 is 14.5 Å². The van der Waals surface area contributed by atoms with Gasteiger partial charge in [-0.15, -0.1) is 0 Å². The second kappa shape index (κ2) is 12.3. The highest BCUT2D eigenvalue weighted by Gasteiger charge is 2.29. The number of amides is 2. The minimum atomic E-state index is -0.0615. The molecule has 8 heteroatoms. The van der Waals surface area contributed by atoms with E-state index in [1.807, 2.05) is 108 Å². The van der Waals surface area contributed by atoms with E-state index < -0.39 is 0 Å². The predicted molar refractivity (Wildman–Crippen MR) is 170 cm³/mol. The van der Waals surface area contributed by atoms with E-state index in [0.29, 0.717) is 35.1 Å². The Labute approximate surface area is 255 Å². The molecule has 0 bridgehead atoms. The van der Waals surface area contributed by atoms with E-state index >= 15 is 0 Å². The van der Waals surface area contributed by atoms with Crippen LogP contribution >= 0.6 is 23.4 Å². The van der Waals surface area contributed by atoms with Crippen molar-refractivity contribution in [1.82, 2.24) is 4.90 Å². The number of thioether (sulfide) groups is 1. The number of methoxy groups -OCH3 is 1. The number of carbonyl (C=O) groups is 2. The van der Waals surface area contributed by atoms with Crippen LogP contribution in [0.15, 0.2) is 107 Å². The van der Waals surface area contributed by atoms with Gasteiger partial charge in [0.1, 0.15) is 5.75 Å². The second-order valence-corrected chi connectivity index (χ2v) is 11.7. The molecule has 0 unspecified atom stereocenters. The summed E-state index contributed by atoms with van der Waals surface area (Å²) in [5, 5.41) is 0.643. The number of hydrogen-bond donors (Lipinski definition) is 0. The van der Waals surface area contributed by atoms with Crippen LogP contribution in [0.5, 0.6) is 5.75 Å². The zero-order chi connectivity index (χ0) is 29.1. The van der Waals surface area contributed by atoms with Crippen molar-refractivity contribution in [3.8, 4) is 5.75 Å². The number of anilines is 2. The molecular weight excluding hydrogens is 566 g/mol. The Hall–Kier alpha value is -4.20. The first kappa shape index (κ1) is 27.9. The van der Waals surface area contributed by atoms with E-state index in [4.69, 9.17) is 16.3 Å². The Kier molecular flexibility index (Phi) is 8.22. The third kappa shape index (κ3) is 6.03.